The van der Waals surface area contributed by atoms with Crippen molar-refractivity contribution in [3.05, 3.63) is 43.3 Å². The van der Waals surface area contributed by atoms with Gasteiger partial charge in [0.2, 0.25) is 0 Å². The first-order chi connectivity index (χ1) is 8.60. The summed E-state index contributed by atoms with van der Waals surface area (Å²) in [7, 11) is 0. The summed E-state index contributed by atoms with van der Waals surface area (Å²) in [6, 6.07) is 7.23. The van der Waals surface area contributed by atoms with Gasteiger partial charge in [0, 0.05) is 32.1 Å². The fraction of sp³-hybridized carbons (Fsp3) is 0.467. The molecular formula is C15H21NS2. The van der Waals surface area contributed by atoms with E-state index in [1.165, 1.54) is 25.1 Å². The Balaban J connectivity index is 1.95. The molecule has 0 aliphatic heterocycles. The molecule has 2 rings (SSSR count). The molecular weight excluding hydrogens is 258 g/mol. The van der Waals surface area contributed by atoms with Crippen molar-refractivity contribution >= 4 is 22.7 Å². The maximum absolute atomic E-state index is 3.62. The van der Waals surface area contributed by atoms with Crippen LogP contribution in [0.15, 0.2) is 18.2 Å². The van der Waals surface area contributed by atoms with E-state index in [2.05, 4.69) is 51.2 Å². The van der Waals surface area contributed by atoms with Crippen molar-refractivity contribution in [3.63, 3.8) is 0 Å². The molecule has 1 unspecified atom stereocenters. The lowest BCUT2D eigenvalue weighted by Crippen LogP contribution is -2.17. The lowest BCUT2D eigenvalue weighted by atomic mass is 10.1. The SMILES string of the molecule is CCc1ccc(CNC(C)c2cc(C)sc2C)s1. The number of hydrogen-bond donors (Lipinski definition) is 1. The lowest BCUT2D eigenvalue weighted by Gasteiger charge is -2.13. The Labute approximate surface area is 118 Å². The number of thiophene rings is 2. The van der Waals surface area contributed by atoms with E-state index in [0.717, 1.165) is 13.0 Å². The van der Waals surface area contributed by atoms with Crippen LogP contribution in [0.5, 0.6) is 0 Å². The summed E-state index contributed by atoms with van der Waals surface area (Å²) >= 11 is 3.81. The fourth-order valence-corrected chi connectivity index (χ4v) is 4.08. The van der Waals surface area contributed by atoms with Gasteiger partial charge in [-0.25, -0.2) is 0 Å². The van der Waals surface area contributed by atoms with Gasteiger partial charge in [-0.2, -0.15) is 0 Å². The molecule has 0 aromatic carbocycles. The average molecular weight is 279 g/mol. The van der Waals surface area contributed by atoms with Gasteiger partial charge in [-0.15, -0.1) is 22.7 Å². The second kappa shape index (κ2) is 6.00. The quantitative estimate of drug-likeness (QED) is 0.826. The van der Waals surface area contributed by atoms with Gasteiger partial charge < -0.3 is 5.32 Å². The molecule has 0 bridgehead atoms. The molecule has 2 aromatic heterocycles. The predicted molar refractivity (Wildman–Crippen MR) is 82.7 cm³/mol. The highest BCUT2D eigenvalue weighted by molar-refractivity contribution is 7.12. The second-order valence-corrected chi connectivity index (χ2v) is 7.41. The van der Waals surface area contributed by atoms with Gasteiger partial charge >= 0.3 is 0 Å². The Morgan fingerprint density at radius 2 is 1.89 bits per heavy atom. The van der Waals surface area contributed by atoms with Crippen LogP contribution in [0.25, 0.3) is 0 Å². The average Bonchev–Trinajstić information content (AvgIpc) is 2.92. The van der Waals surface area contributed by atoms with Crippen molar-refractivity contribution in [3.8, 4) is 0 Å². The molecule has 0 aliphatic rings. The number of rotatable bonds is 5. The Bertz CT molecular complexity index is 510. The molecule has 0 saturated heterocycles. The summed E-state index contributed by atoms with van der Waals surface area (Å²) in [4.78, 5) is 5.75. The van der Waals surface area contributed by atoms with Crippen molar-refractivity contribution in [2.75, 3.05) is 0 Å². The van der Waals surface area contributed by atoms with Crippen LogP contribution in [0.4, 0.5) is 0 Å². The summed E-state index contributed by atoms with van der Waals surface area (Å²) in [5, 5.41) is 3.62. The van der Waals surface area contributed by atoms with Crippen LogP contribution in [-0.2, 0) is 13.0 Å². The molecule has 0 saturated carbocycles. The summed E-state index contributed by atoms with van der Waals surface area (Å²) in [6.07, 6.45) is 1.14. The van der Waals surface area contributed by atoms with Crippen LogP contribution < -0.4 is 5.32 Å². The molecule has 2 aromatic rings. The first-order valence-corrected chi connectivity index (χ1v) is 8.11. The topological polar surface area (TPSA) is 12.0 Å². The van der Waals surface area contributed by atoms with Crippen molar-refractivity contribution in [2.45, 2.75) is 46.7 Å². The zero-order valence-corrected chi connectivity index (χ0v) is 13.2. The highest BCUT2D eigenvalue weighted by Crippen LogP contribution is 2.26. The van der Waals surface area contributed by atoms with Crippen LogP contribution >= 0.6 is 22.7 Å². The Morgan fingerprint density at radius 3 is 2.44 bits per heavy atom. The van der Waals surface area contributed by atoms with Crippen LogP contribution in [0.3, 0.4) is 0 Å². The highest BCUT2D eigenvalue weighted by atomic mass is 32.1. The minimum absolute atomic E-state index is 0.433. The van der Waals surface area contributed by atoms with Gasteiger partial charge in [0.1, 0.15) is 0 Å². The molecule has 0 amide bonds. The summed E-state index contributed by atoms with van der Waals surface area (Å²) in [5.74, 6) is 0. The Morgan fingerprint density at radius 1 is 1.17 bits per heavy atom. The second-order valence-electron chi connectivity index (χ2n) is 4.69. The fourth-order valence-electron chi connectivity index (χ4n) is 2.15. The van der Waals surface area contributed by atoms with E-state index in [0.29, 0.717) is 6.04 Å². The largest absolute Gasteiger partial charge is 0.305 e. The smallest absolute Gasteiger partial charge is 0.0306 e. The molecule has 0 fully saturated rings. The van der Waals surface area contributed by atoms with Gasteiger partial charge in [0.15, 0.2) is 0 Å². The molecule has 2 heterocycles. The van der Waals surface area contributed by atoms with E-state index < -0.39 is 0 Å². The van der Waals surface area contributed by atoms with Crippen LogP contribution in [0, 0.1) is 13.8 Å². The van der Waals surface area contributed by atoms with Gasteiger partial charge in [-0.1, -0.05) is 6.92 Å². The molecule has 1 atom stereocenters. The zero-order chi connectivity index (χ0) is 13.1. The van der Waals surface area contributed by atoms with Gasteiger partial charge in [-0.05, 0) is 51.0 Å². The van der Waals surface area contributed by atoms with E-state index in [9.17, 15) is 0 Å². The number of hydrogen-bond acceptors (Lipinski definition) is 3. The van der Waals surface area contributed by atoms with E-state index in [-0.39, 0.29) is 0 Å². The van der Waals surface area contributed by atoms with Crippen LogP contribution in [0.1, 0.15) is 45.0 Å². The minimum Gasteiger partial charge on any atom is -0.305 e. The third kappa shape index (κ3) is 3.22. The Hall–Kier alpha value is -0.640. The predicted octanol–water partition coefficient (Wildman–Crippen LogP) is 4.84. The normalized spacial score (nSPS) is 12.9. The van der Waals surface area contributed by atoms with E-state index >= 15 is 0 Å². The van der Waals surface area contributed by atoms with E-state index in [1.54, 1.807) is 0 Å². The van der Waals surface area contributed by atoms with Gasteiger partial charge in [-0.3, -0.25) is 0 Å². The highest BCUT2D eigenvalue weighted by Gasteiger charge is 2.11. The monoisotopic (exact) mass is 279 g/mol. The lowest BCUT2D eigenvalue weighted by molar-refractivity contribution is 0.578. The third-order valence-electron chi connectivity index (χ3n) is 3.19. The maximum Gasteiger partial charge on any atom is 0.0306 e. The first kappa shape index (κ1) is 13.8. The summed E-state index contributed by atoms with van der Waals surface area (Å²) in [6.45, 7) is 9.83. The third-order valence-corrected chi connectivity index (χ3v) is 5.41. The zero-order valence-electron chi connectivity index (χ0n) is 11.5. The standard InChI is InChI=1S/C15H21NS2/c1-5-13-6-7-14(18-13)9-16-11(3)15-8-10(2)17-12(15)4/h6-8,11,16H,5,9H2,1-4H3. The van der Waals surface area contributed by atoms with Crippen molar-refractivity contribution in [1.29, 1.82) is 0 Å². The van der Waals surface area contributed by atoms with Gasteiger partial charge in [0.05, 0.1) is 0 Å². The number of nitrogens with one attached hydrogen (secondary N) is 1. The summed E-state index contributed by atoms with van der Waals surface area (Å²) < 4.78 is 0. The van der Waals surface area contributed by atoms with Crippen molar-refractivity contribution in [2.24, 2.45) is 0 Å². The molecule has 18 heavy (non-hydrogen) atoms. The molecule has 0 aliphatic carbocycles. The van der Waals surface area contributed by atoms with Crippen molar-refractivity contribution in [1.82, 2.24) is 5.32 Å². The van der Waals surface area contributed by atoms with E-state index in [4.69, 9.17) is 0 Å². The summed E-state index contributed by atoms with van der Waals surface area (Å²) in [5.41, 5.74) is 1.45. The minimum atomic E-state index is 0.433. The molecule has 1 nitrogen and oxygen atoms in total. The molecule has 0 radical (unpaired) electrons. The molecule has 0 spiro atoms. The molecule has 1 N–H and O–H groups in total. The molecule has 98 valence electrons. The van der Waals surface area contributed by atoms with Crippen LogP contribution in [0.2, 0.25) is 0 Å². The van der Waals surface area contributed by atoms with Crippen LogP contribution in [-0.4, -0.2) is 0 Å². The molecule has 3 heteroatoms. The van der Waals surface area contributed by atoms with Crippen molar-refractivity contribution < 1.29 is 0 Å². The first-order valence-electron chi connectivity index (χ1n) is 6.48. The number of aryl methyl sites for hydroxylation is 3. The maximum atomic E-state index is 3.62. The Kier molecular flexibility index (Phi) is 4.60. The van der Waals surface area contributed by atoms with Gasteiger partial charge in [0.25, 0.3) is 0 Å². The van der Waals surface area contributed by atoms with E-state index in [1.807, 2.05) is 22.7 Å².